The Morgan fingerprint density at radius 2 is 1.63 bits per heavy atom. The first-order valence-corrected chi connectivity index (χ1v) is 16.9. The number of amides is 2. The molecule has 2 N–H and O–H groups in total. The summed E-state index contributed by atoms with van der Waals surface area (Å²) < 4.78 is 48.4. The monoisotopic (exact) mass is 649 g/mol. The van der Waals surface area contributed by atoms with Crippen molar-refractivity contribution in [2.75, 3.05) is 49.6 Å². The van der Waals surface area contributed by atoms with Crippen molar-refractivity contribution in [3.8, 4) is 5.75 Å². The van der Waals surface area contributed by atoms with Crippen molar-refractivity contribution in [1.29, 1.82) is 0 Å². The second-order valence-corrected chi connectivity index (χ2v) is 14.4. The van der Waals surface area contributed by atoms with Crippen LogP contribution in [0, 0.1) is 5.82 Å². The van der Waals surface area contributed by atoms with Gasteiger partial charge in [-0.05, 0) is 46.9 Å². The molecule has 0 bridgehead atoms. The molecular weight excluding hydrogens is 609 g/mol. The van der Waals surface area contributed by atoms with Crippen molar-refractivity contribution < 1.29 is 27.1 Å². The van der Waals surface area contributed by atoms with E-state index in [1.807, 2.05) is 56.7 Å². The molecule has 1 saturated heterocycles. The number of anilines is 2. The standard InChI is InChI=1S/C34H40FN5O5S/c1-34(2,3)24-19-27(31(45-5)28(20-24)37-46(6,43)44)36-32(41)29-18-22-10-9-11-23(30(22)38(29)4)21-39-14-16-40(17-15-39)33(42)25-12-7-8-13-26(25)35/h7-13,18-20,37H,14-17,21H2,1-6H3,(H,36,41). The van der Waals surface area contributed by atoms with Crippen LogP contribution in [-0.2, 0) is 29.0 Å². The molecule has 2 amide bonds. The fourth-order valence-corrected chi connectivity index (χ4v) is 6.39. The first-order chi connectivity index (χ1) is 21.7. The summed E-state index contributed by atoms with van der Waals surface area (Å²) in [5.41, 5.74) is 3.49. The van der Waals surface area contributed by atoms with Gasteiger partial charge in [0.1, 0.15) is 11.5 Å². The van der Waals surface area contributed by atoms with E-state index in [0.29, 0.717) is 44.1 Å². The Bertz CT molecular complexity index is 1910. The molecule has 0 atom stereocenters. The minimum Gasteiger partial charge on any atom is -0.492 e. The van der Waals surface area contributed by atoms with E-state index < -0.39 is 15.8 Å². The number of aryl methyl sites for hydroxylation is 1. The van der Waals surface area contributed by atoms with Gasteiger partial charge in [0.25, 0.3) is 11.8 Å². The molecular formula is C34H40FN5O5S. The van der Waals surface area contributed by atoms with Crippen LogP contribution in [0.15, 0.2) is 60.7 Å². The Morgan fingerprint density at radius 1 is 0.957 bits per heavy atom. The van der Waals surface area contributed by atoms with Gasteiger partial charge in [-0.2, -0.15) is 0 Å². The number of rotatable bonds is 8. The highest BCUT2D eigenvalue weighted by atomic mass is 32.2. The Labute approximate surface area is 269 Å². The van der Waals surface area contributed by atoms with Gasteiger partial charge >= 0.3 is 0 Å². The van der Waals surface area contributed by atoms with Crippen LogP contribution in [0.25, 0.3) is 10.9 Å². The number of aromatic nitrogens is 1. The molecule has 244 valence electrons. The first-order valence-electron chi connectivity index (χ1n) is 15.0. The number of fused-ring (bicyclic) bond motifs is 1. The topological polar surface area (TPSA) is 113 Å². The maximum atomic E-state index is 14.2. The predicted octanol–water partition coefficient (Wildman–Crippen LogP) is 5.21. The number of nitrogens with one attached hydrogen (secondary N) is 2. The smallest absolute Gasteiger partial charge is 0.272 e. The van der Waals surface area contributed by atoms with Gasteiger partial charge in [0, 0.05) is 45.2 Å². The van der Waals surface area contributed by atoms with Crippen molar-refractivity contribution in [1.82, 2.24) is 14.4 Å². The largest absolute Gasteiger partial charge is 0.492 e. The molecule has 3 aromatic carbocycles. The highest BCUT2D eigenvalue weighted by Crippen LogP contribution is 2.39. The van der Waals surface area contributed by atoms with Crippen LogP contribution >= 0.6 is 0 Å². The Hall–Kier alpha value is -4.42. The number of hydrogen-bond donors (Lipinski definition) is 2. The summed E-state index contributed by atoms with van der Waals surface area (Å²) in [6.45, 7) is 8.82. The minimum atomic E-state index is -3.62. The molecule has 0 spiro atoms. The van der Waals surface area contributed by atoms with Gasteiger partial charge in [0.15, 0.2) is 5.75 Å². The summed E-state index contributed by atoms with van der Waals surface area (Å²) in [5.74, 6) is -0.989. The predicted molar refractivity (Wildman–Crippen MR) is 179 cm³/mol. The van der Waals surface area contributed by atoms with Crippen molar-refractivity contribution in [3.05, 3.63) is 88.9 Å². The quantitative estimate of drug-likeness (QED) is 0.271. The van der Waals surface area contributed by atoms with Gasteiger partial charge in [-0.15, -0.1) is 0 Å². The zero-order valence-corrected chi connectivity index (χ0v) is 27.8. The molecule has 1 aromatic heterocycles. The minimum absolute atomic E-state index is 0.0842. The van der Waals surface area contributed by atoms with Crippen LogP contribution in [0.2, 0.25) is 0 Å². The molecule has 5 rings (SSSR count). The lowest BCUT2D eigenvalue weighted by atomic mass is 9.86. The Kier molecular flexibility index (Phi) is 9.14. The zero-order chi connectivity index (χ0) is 33.4. The molecule has 0 unspecified atom stereocenters. The van der Waals surface area contributed by atoms with Crippen LogP contribution in [-0.4, -0.2) is 74.1 Å². The van der Waals surface area contributed by atoms with Gasteiger partial charge in [-0.1, -0.05) is 51.1 Å². The van der Waals surface area contributed by atoms with E-state index in [0.717, 1.165) is 28.3 Å². The molecule has 1 fully saturated rings. The maximum absolute atomic E-state index is 14.2. The lowest BCUT2D eigenvalue weighted by Crippen LogP contribution is -2.48. The number of carbonyl (C=O) groups excluding carboxylic acids is 2. The SMILES string of the molecule is COc1c(NC(=O)c2cc3cccc(CN4CCN(C(=O)c5ccccc5F)CC4)c3n2C)cc(C(C)(C)C)cc1NS(C)(=O)=O. The molecule has 0 saturated carbocycles. The summed E-state index contributed by atoms with van der Waals surface area (Å²) in [7, 11) is -0.355. The number of hydrogen-bond acceptors (Lipinski definition) is 6. The first kappa shape index (κ1) is 33.0. The summed E-state index contributed by atoms with van der Waals surface area (Å²) >= 11 is 0. The Morgan fingerprint density at radius 3 is 2.26 bits per heavy atom. The average Bonchev–Trinajstić information content (AvgIpc) is 3.33. The molecule has 12 heteroatoms. The molecule has 0 radical (unpaired) electrons. The van der Waals surface area contributed by atoms with Crippen LogP contribution in [0.3, 0.4) is 0 Å². The van der Waals surface area contributed by atoms with Crippen molar-refractivity contribution in [2.24, 2.45) is 7.05 Å². The Balaban J connectivity index is 1.37. The highest BCUT2D eigenvalue weighted by Gasteiger charge is 2.26. The second kappa shape index (κ2) is 12.8. The fraction of sp³-hybridized carbons (Fsp3) is 0.353. The molecule has 1 aliphatic heterocycles. The number of halogens is 1. The van der Waals surface area contributed by atoms with E-state index in [4.69, 9.17) is 4.74 Å². The van der Waals surface area contributed by atoms with E-state index in [9.17, 15) is 22.4 Å². The van der Waals surface area contributed by atoms with Crippen LogP contribution in [0.4, 0.5) is 15.8 Å². The lowest BCUT2D eigenvalue weighted by Gasteiger charge is -2.35. The van der Waals surface area contributed by atoms with Gasteiger partial charge in [0.2, 0.25) is 10.0 Å². The number of ether oxygens (including phenoxy) is 1. The fourth-order valence-electron chi connectivity index (χ4n) is 5.84. The van der Waals surface area contributed by atoms with E-state index in [1.54, 1.807) is 29.2 Å². The van der Waals surface area contributed by atoms with E-state index >= 15 is 0 Å². The summed E-state index contributed by atoms with van der Waals surface area (Å²) in [6.07, 6.45) is 1.06. The van der Waals surface area contributed by atoms with Gasteiger partial charge in [0.05, 0.1) is 35.8 Å². The number of para-hydroxylation sites is 1. The number of sulfonamides is 1. The third-order valence-electron chi connectivity index (χ3n) is 8.23. The summed E-state index contributed by atoms with van der Waals surface area (Å²) in [6, 6.07) is 17.3. The van der Waals surface area contributed by atoms with Crippen molar-refractivity contribution in [3.63, 3.8) is 0 Å². The zero-order valence-electron chi connectivity index (χ0n) is 27.0. The van der Waals surface area contributed by atoms with Crippen LogP contribution < -0.4 is 14.8 Å². The van der Waals surface area contributed by atoms with Gasteiger partial charge < -0.3 is 19.5 Å². The summed E-state index contributed by atoms with van der Waals surface area (Å²) in [5, 5.41) is 3.85. The number of benzene rings is 3. The van der Waals surface area contributed by atoms with Crippen LogP contribution in [0.1, 0.15) is 52.7 Å². The van der Waals surface area contributed by atoms with Crippen LogP contribution in [0.5, 0.6) is 5.75 Å². The number of piperazine rings is 1. The van der Waals surface area contributed by atoms with Crippen molar-refractivity contribution >= 4 is 44.1 Å². The normalized spacial score (nSPS) is 14.4. The van der Waals surface area contributed by atoms with E-state index in [-0.39, 0.29) is 34.2 Å². The van der Waals surface area contributed by atoms with Gasteiger partial charge in [-0.25, -0.2) is 12.8 Å². The number of nitrogens with zero attached hydrogens (tertiary/aromatic N) is 3. The molecule has 46 heavy (non-hydrogen) atoms. The molecule has 2 heterocycles. The highest BCUT2D eigenvalue weighted by molar-refractivity contribution is 7.92. The van der Waals surface area contributed by atoms with E-state index in [2.05, 4.69) is 14.9 Å². The number of methoxy groups -OCH3 is 1. The van der Waals surface area contributed by atoms with E-state index in [1.165, 1.54) is 19.2 Å². The lowest BCUT2D eigenvalue weighted by molar-refractivity contribution is 0.0624. The molecule has 10 nitrogen and oxygen atoms in total. The molecule has 1 aliphatic rings. The second-order valence-electron chi connectivity index (χ2n) is 12.7. The third-order valence-corrected chi connectivity index (χ3v) is 8.82. The summed E-state index contributed by atoms with van der Waals surface area (Å²) in [4.78, 5) is 30.6. The van der Waals surface area contributed by atoms with Gasteiger partial charge in [-0.3, -0.25) is 19.2 Å². The number of carbonyl (C=O) groups is 2. The third kappa shape index (κ3) is 7.02. The average molecular weight is 650 g/mol. The molecule has 0 aliphatic carbocycles. The maximum Gasteiger partial charge on any atom is 0.272 e. The molecule has 4 aromatic rings. The van der Waals surface area contributed by atoms with Crippen molar-refractivity contribution in [2.45, 2.75) is 32.7 Å².